The zero-order chi connectivity index (χ0) is 8.43. The van der Waals surface area contributed by atoms with Crippen molar-refractivity contribution in [3.63, 3.8) is 0 Å². The van der Waals surface area contributed by atoms with Gasteiger partial charge < -0.3 is 5.73 Å². The molecule has 2 heteroatoms. The molecular formula is C9H15NS. The molecule has 0 fully saturated rings. The Labute approximate surface area is 72.2 Å². The molecule has 1 unspecified atom stereocenters. The van der Waals surface area contributed by atoms with Crippen LogP contribution in [0.4, 0.5) is 0 Å². The second kappa shape index (κ2) is 3.37. The van der Waals surface area contributed by atoms with E-state index in [1.54, 1.807) is 0 Å². The predicted molar refractivity (Wildman–Crippen MR) is 51.3 cm³/mol. The van der Waals surface area contributed by atoms with Crippen LogP contribution < -0.4 is 5.73 Å². The Balaban J connectivity index is 2.93. The zero-order valence-corrected chi connectivity index (χ0v) is 8.16. The highest BCUT2D eigenvalue weighted by atomic mass is 32.1. The van der Waals surface area contributed by atoms with E-state index in [0.717, 1.165) is 6.54 Å². The maximum absolute atomic E-state index is 5.59. The molecule has 1 aromatic heterocycles. The van der Waals surface area contributed by atoms with Crippen molar-refractivity contribution in [3.8, 4) is 0 Å². The van der Waals surface area contributed by atoms with Gasteiger partial charge in [0.1, 0.15) is 0 Å². The third-order valence-electron chi connectivity index (χ3n) is 1.96. The molecule has 0 radical (unpaired) electrons. The summed E-state index contributed by atoms with van der Waals surface area (Å²) in [6, 6.07) is 2.25. The highest BCUT2D eigenvalue weighted by Crippen LogP contribution is 2.26. The summed E-state index contributed by atoms with van der Waals surface area (Å²) < 4.78 is 0. The molecule has 0 aromatic carbocycles. The first-order valence-electron chi connectivity index (χ1n) is 3.92. The fourth-order valence-corrected chi connectivity index (χ4v) is 2.31. The minimum absolute atomic E-state index is 0.514. The van der Waals surface area contributed by atoms with E-state index in [0.29, 0.717) is 5.92 Å². The van der Waals surface area contributed by atoms with Gasteiger partial charge in [-0.05, 0) is 37.9 Å². The lowest BCUT2D eigenvalue weighted by molar-refractivity contribution is 0.772. The first kappa shape index (κ1) is 8.75. The number of hydrogen-bond donors (Lipinski definition) is 1. The summed E-state index contributed by atoms with van der Waals surface area (Å²) in [5.74, 6) is 0.514. The first-order valence-corrected chi connectivity index (χ1v) is 4.73. The lowest BCUT2D eigenvalue weighted by atomic mass is 10.0. The quantitative estimate of drug-likeness (QED) is 0.723. The third-order valence-corrected chi connectivity index (χ3v) is 2.95. The summed E-state index contributed by atoms with van der Waals surface area (Å²) in [4.78, 5) is 2.80. The van der Waals surface area contributed by atoms with E-state index in [9.17, 15) is 0 Å². The van der Waals surface area contributed by atoms with Gasteiger partial charge >= 0.3 is 0 Å². The number of nitrogens with two attached hydrogens (primary N) is 1. The van der Waals surface area contributed by atoms with E-state index in [1.165, 1.54) is 15.3 Å². The van der Waals surface area contributed by atoms with E-state index >= 15 is 0 Å². The van der Waals surface area contributed by atoms with Crippen LogP contribution in [0.15, 0.2) is 6.07 Å². The molecule has 0 aliphatic carbocycles. The van der Waals surface area contributed by atoms with Crippen molar-refractivity contribution in [2.75, 3.05) is 6.54 Å². The lowest BCUT2D eigenvalue weighted by Crippen LogP contribution is -2.08. The van der Waals surface area contributed by atoms with Crippen molar-refractivity contribution in [3.05, 3.63) is 21.4 Å². The zero-order valence-electron chi connectivity index (χ0n) is 7.35. The summed E-state index contributed by atoms with van der Waals surface area (Å²) in [6.07, 6.45) is 0. The molecule has 1 heterocycles. The Morgan fingerprint density at radius 1 is 1.55 bits per heavy atom. The summed E-state index contributed by atoms with van der Waals surface area (Å²) in [6.45, 7) is 7.23. The summed E-state index contributed by atoms with van der Waals surface area (Å²) in [5, 5.41) is 0. The van der Waals surface area contributed by atoms with Crippen LogP contribution in [0.25, 0.3) is 0 Å². The monoisotopic (exact) mass is 169 g/mol. The molecule has 0 bridgehead atoms. The van der Waals surface area contributed by atoms with Gasteiger partial charge in [-0.15, -0.1) is 11.3 Å². The fourth-order valence-electron chi connectivity index (χ4n) is 1.27. The van der Waals surface area contributed by atoms with Crippen molar-refractivity contribution in [1.82, 2.24) is 0 Å². The molecule has 0 aliphatic heterocycles. The van der Waals surface area contributed by atoms with E-state index in [-0.39, 0.29) is 0 Å². The summed E-state index contributed by atoms with van der Waals surface area (Å²) in [7, 11) is 0. The number of aryl methyl sites for hydroxylation is 2. The van der Waals surface area contributed by atoms with E-state index < -0.39 is 0 Å². The molecule has 1 rings (SSSR count). The fraction of sp³-hybridized carbons (Fsp3) is 0.556. The molecular weight excluding hydrogens is 154 g/mol. The number of hydrogen-bond acceptors (Lipinski definition) is 2. The third kappa shape index (κ3) is 1.82. The Bertz CT molecular complexity index is 240. The molecule has 0 aliphatic rings. The molecule has 0 saturated heterocycles. The van der Waals surface area contributed by atoms with Gasteiger partial charge in [-0.1, -0.05) is 6.92 Å². The van der Waals surface area contributed by atoms with Crippen molar-refractivity contribution < 1.29 is 0 Å². The van der Waals surface area contributed by atoms with Gasteiger partial charge in [0.25, 0.3) is 0 Å². The normalized spacial score (nSPS) is 13.5. The highest BCUT2D eigenvalue weighted by molar-refractivity contribution is 7.12. The molecule has 2 N–H and O–H groups in total. The van der Waals surface area contributed by atoms with Gasteiger partial charge in [0, 0.05) is 9.75 Å². The molecule has 62 valence electrons. The molecule has 0 amide bonds. The maximum atomic E-state index is 5.59. The lowest BCUT2D eigenvalue weighted by Gasteiger charge is -2.06. The minimum Gasteiger partial charge on any atom is -0.330 e. The topological polar surface area (TPSA) is 26.0 Å². The van der Waals surface area contributed by atoms with Crippen LogP contribution in [0.1, 0.15) is 28.2 Å². The van der Waals surface area contributed by atoms with Gasteiger partial charge in [0.05, 0.1) is 0 Å². The largest absolute Gasteiger partial charge is 0.330 e. The Morgan fingerprint density at radius 2 is 2.18 bits per heavy atom. The molecule has 0 spiro atoms. The van der Waals surface area contributed by atoms with Gasteiger partial charge in [-0.3, -0.25) is 0 Å². The standard InChI is InChI=1S/C9H15NS/c1-6(5-10)9-4-7(2)11-8(9)3/h4,6H,5,10H2,1-3H3. The SMILES string of the molecule is Cc1cc(C(C)CN)c(C)s1. The van der Waals surface area contributed by atoms with Crippen molar-refractivity contribution in [2.45, 2.75) is 26.7 Å². The Hall–Kier alpha value is -0.340. The average molecular weight is 169 g/mol. The smallest absolute Gasteiger partial charge is 0.00522 e. The molecule has 11 heavy (non-hydrogen) atoms. The molecule has 1 nitrogen and oxygen atoms in total. The molecule has 0 saturated carbocycles. The van der Waals surface area contributed by atoms with E-state index in [1.807, 2.05) is 11.3 Å². The Morgan fingerprint density at radius 3 is 2.55 bits per heavy atom. The van der Waals surface area contributed by atoms with Gasteiger partial charge in [-0.2, -0.15) is 0 Å². The highest BCUT2D eigenvalue weighted by Gasteiger charge is 2.08. The van der Waals surface area contributed by atoms with E-state index in [2.05, 4.69) is 26.8 Å². The number of thiophene rings is 1. The van der Waals surface area contributed by atoms with Crippen LogP contribution in [0.5, 0.6) is 0 Å². The second-order valence-corrected chi connectivity index (χ2v) is 4.47. The van der Waals surface area contributed by atoms with Crippen LogP contribution >= 0.6 is 11.3 Å². The van der Waals surface area contributed by atoms with Gasteiger partial charge in [0.2, 0.25) is 0 Å². The summed E-state index contributed by atoms with van der Waals surface area (Å²) >= 11 is 1.86. The van der Waals surface area contributed by atoms with Crippen molar-refractivity contribution in [2.24, 2.45) is 5.73 Å². The van der Waals surface area contributed by atoms with Crippen LogP contribution in [-0.2, 0) is 0 Å². The summed E-state index contributed by atoms with van der Waals surface area (Å²) in [5.41, 5.74) is 7.01. The minimum atomic E-state index is 0.514. The molecule has 1 atom stereocenters. The van der Waals surface area contributed by atoms with Crippen LogP contribution in [0.2, 0.25) is 0 Å². The second-order valence-electron chi connectivity index (χ2n) is 3.01. The first-order chi connectivity index (χ1) is 5.15. The number of rotatable bonds is 2. The maximum Gasteiger partial charge on any atom is 0.00522 e. The predicted octanol–water partition coefficient (Wildman–Crippen LogP) is 2.43. The average Bonchev–Trinajstić information content (AvgIpc) is 2.28. The van der Waals surface area contributed by atoms with Crippen LogP contribution in [-0.4, -0.2) is 6.54 Å². The van der Waals surface area contributed by atoms with Crippen LogP contribution in [0, 0.1) is 13.8 Å². The van der Waals surface area contributed by atoms with Gasteiger partial charge in [-0.25, -0.2) is 0 Å². The van der Waals surface area contributed by atoms with Gasteiger partial charge in [0.15, 0.2) is 0 Å². The molecule has 1 aromatic rings. The van der Waals surface area contributed by atoms with Crippen LogP contribution in [0.3, 0.4) is 0 Å². The van der Waals surface area contributed by atoms with Crippen molar-refractivity contribution in [1.29, 1.82) is 0 Å². The van der Waals surface area contributed by atoms with E-state index in [4.69, 9.17) is 5.73 Å². The van der Waals surface area contributed by atoms with Crippen molar-refractivity contribution >= 4 is 11.3 Å². The Kier molecular flexibility index (Phi) is 2.68.